The largest absolute Gasteiger partial charge is 0.454 e. The highest BCUT2D eigenvalue weighted by Gasteiger charge is 2.43. The molecular weight excluding hydrogens is 416 g/mol. The number of thiazole rings is 1. The lowest BCUT2D eigenvalue weighted by Gasteiger charge is -2.36. The molecule has 0 spiro atoms. The number of imide groups is 1. The number of rotatable bonds is 3. The number of carbonyl (C=O) groups excluding carboxylic acids is 2. The Labute approximate surface area is 182 Å². The molecule has 2 fully saturated rings. The standard InChI is InChI=1S/C22H20N4O4S/c27-20-12-16(21(28)26(20)14-5-6-17-18(11-14)30-13-29-17)24-7-9-25(10-8-24)22-23-15-3-1-2-4-19(15)31-22/h1-6,11,16H,7-10,12-13H2/t16-/m1/s1. The van der Waals surface area contributed by atoms with Gasteiger partial charge in [-0.2, -0.15) is 0 Å². The molecule has 3 aliphatic heterocycles. The van der Waals surface area contributed by atoms with Crippen LogP contribution in [0.4, 0.5) is 10.8 Å². The van der Waals surface area contributed by atoms with Gasteiger partial charge in [-0.25, -0.2) is 9.88 Å². The quantitative estimate of drug-likeness (QED) is 0.584. The first-order valence-corrected chi connectivity index (χ1v) is 11.1. The Morgan fingerprint density at radius 3 is 2.61 bits per heavy atom. The summed E-state index contributed by atoms with van der Waals surface area (Å²) in [5, 5.41) is 1.01. The molecule has 8 nitrogen and oxygen atoms in total. The second-order valence-corrected chi connectivity index (χ2v) is 8.82. The molecule has 0 N–H and O–H groups in total. The van der Waals surface area contributed by atoms with Crippen LogP contribution in [-0.2, 0) is 9.59 Å². The Kier molecular flexibility index (Phi) is 4.32. The number of hydrogen-bond donors (Lipinski definition) is 0. The van der Waals surface area contributed by atoms with Crippen LogP contribution in [0.15, 0.2) is 42.5 Å². The molecule has 31 heavy (non-hydrogen) atoms. The van der Waals surface area contributed by atoms with Gasteiger partial charge in [0.1, 0.15) is 0 Å². The smallest absolute Gasteiger partial charge is 0.251 e. The highest BCUT2D eigenvalue weighted by molar-refractivity contribution is 7.22. The number of aromatic nitrogens is 1. The zero-order valence-electron chi connectivity index (χ0n) is 16.7. The number of fused-ring (bicyclic) bond motifs is 2. The van der Waals surface area contributed by atoms with Crippen LogP contribution < -0.4 is 19.3 Å². The lowest BCUT2D eigenvalue weighted by molar-refractivity contribution is -0.123. The van der Waals surface area contributed by atoms with Crippen LogP contribution >= 0.6 is 11.3 Å². The van der Waals surface area contributed by atoms with Gasteiger partial charge in [0.2, 0.25) is 12.7 Å². The summed E-state index contributed by atoms with van der Waals surface area (Å²) in [6, 6.07) is 12.9. The number of nitrogens with zero attached hydrogens (tertiary/aromatic N) is 4. The van der Waals surface area contributed by atoms with Crippen molar-refractivity contribution < 1.29 is 19.1 Å². The third-order valence-corrected chi connectivity index (χ3v) is 7.14. The maximum absolute atomic E-state index is 13.2. The predicted molar refractivity (Wildman–Crippen MR) is 117 cm³/mol. The third kappa shape index (κ3) is 3.12. The number of ether oxygens (including phenoxy) is 2. The third-order valence-electron chi connectivity index (χ3n) is 6.05. The van der Waals surface area contributed by atoms with Crippen molar-refractivity contribution in [2.75, 3.05) is 42.8 Å². The summed E-state index contributed by atoms with van der Waals surface area (Å²) >= 11 is 1.69. The van der Waals surface area contributed by atoms with E-state index in [-0.39, 0.29) is 25.0 Å². The Morgan fingerprint density at radius 2 is 1.77 bits per heavy atom. The van der Waals surface area contributed by atoms with Gasteiger partial charge in [-0.15, -0.1) is 0 Å². The fourth-order valence-corrected chi connectivity index (χ4v) is 5.43. The molecule has 3 aromatic rings. The SMILES string of the molecule is O=C1C[C@@H](N2CCN(c3nc4ccccc4s3)CC2)C(=O)N1c1ccc2c(c1)OCO2. The van der Waals surface area contributed by atoms with Crippen LogP contribution in [0.25, 0.3) is 10.2 Å². The van der Waals surface area contributed by atoms with Crippen molar-refractivity contribution in [1.82, 2.24) is 9.88 Å². The number of amides is 2. The molecule has 1 atom stereocenters. The number of anilines is 2. The first kappa shape index (κ1) is 18.6. The molecule has 9 heteroatoms. The maximum Gasteiger partial charge on any atom is 0.251 e. The van der Waals surface area contributed by atoms with E-state index in [0.29, 0.717) is 30.3 Å². The Balaban J connectivity index is 1.16. The van der Waals surface area contributed by atoms with E-state index in [1.54, 1.807) is 29.5 Å². The Morgan fingerprint density at radius 1 is 0.968 bits per heavy atom. The topological polar surface area (TPSA) is 75.2 Å². The molecule has 6 rings (SSSR count). The first-order valence-electron chi connectivity index (χ1n) is 10.3. The summed E-state index contributed by atoms with van der Waals surface area (Å²) < 4.78 is 11.9. The molecule has 4 heterocycles. The first-order chi connectivity index (χ1) is 15.2. The molecule has 1 aromatic heterocycles. The maximum atomic E-state index is 13.2. The van der Waals surface area contributed by atoms with Crippen LogP contribution in [-0.4, -0.2) is 60.7 Å². The van der Waals surface area contributed by atoms with Crippen molar-refractivity contribution in [1.29, 1.82) is 0 Å². The van der Waals surface area contributed by atoms with E-state index in [2.05, 4.69) is 15.9 Å². The van der Waals surface area contributed by atoms with E-state index in [0.717, 1.165) is 23.7 Å². The summed E-state index contributed by atoms with van der Waals surface area (Å²) in [5.74, 6) is 0.844. The van der Waals surface area contributed by atoms with Crippen LogP contribution in [0, 0.1) is 0 Å². The van der Waals surface area contributed by atoms with Gasteiger partial charge in [0.25, 0.3) is 5.91 Å². The fraction of sp³-hybridized carbons (Fsp3) is 0.318. The average molecular weight is 436 g/mol. The van der Waals surface area contributed by atoms with Crippen LogP contribution in [0.5, 0.6) is 11.5 Å². The number of piperazine rings is 1. The van der Waals surface area contributed by atoms with Crippen molar-refractivity contribution in [3.8, 4) is 11.5 Å². The zero-order valence-corrected chi connectivity index (χ0v) is 17.5. The van der Waals surface area contributed by atoms with Crippen molar-refractivity contribution >= 4 is 44.2 Å². The molecule has 0 aliphatic carbocycles. The van der Waals surface area contributed by atoms with E-state index < -0.39 is 6.04 Å². The molecule has 158 valence electrons. The van der Waals surface area contributed by atoms with Crippen molar-refractivity contribution in [3.63, 3.8) is 0 Å². The van der Waals surface area contributed by atoms with Gasteiger partial charge in [-0.05, 0) is 24.3 Å². The van der Waals surface area contributed by atoms with Crippen molar-refractivity contribution in [2.24, 2.45) is 0 Å². The second-order valence-electron chi connectivity index (χ2n) is 7.81. The number of carbonyl (C=O) groups is 2. The molecule has 0 radical (unpaired) electrons. The fourth-order valence-electron chi connectivity index (χ4n) is 4.42. The van der Waals surface area contributed by atoms with E-state index >= 15 is 0 Å². The van der Waals surface area contributed by atoms with Gasteiger partial charge in [-0.1, -0.05) is 23.5 Å². The number of hydrogen-bond acceptors (Lipinski definition) is 8. The van der Waals surface area contributed by atoms with E-state index in [1.807, 2.05) is 18.2 Å². The van der Waals surface area contributed by atoms with Gasteiger partial charge >= 0.3 is 0 Å². The molecule has 0 unspecified atom stereocenters. The van der Waals surface area contributed by atoms with Crippen LogP contribution in [0.3, 0.4) is 0 Å². The van der Waals surface area contributed by atoms with Gasteiger partial charge in [0.15, 0.2) is 16.6 Å². The van der Waals surface area contributed by atoms with Crippen molar-refractivity contribution in [2.45, 2.75) is 12.5 Å². The van der Waals surface area contributed by atoms with Gasteiger partial charge < -0.3 is 14.4 Å². The molecule has 2 saturated heterocycles. The minimum atomic E-state index is -0.421. The lowest BCUT2D eigenvalue weighted by atomic mass is 10.2. The Bertz CT molecular complexity index is 1150. The van der Waals surface area contributed by atoms with Gasteiger partial charge in [-0.3, -0.25) is 14.5 Å². The number of para-hydroxylation sites is 1. The summed E-state index contributed by atoms with van der Waals surface area (Å²) in [4.78, 5) is 36.3. The summed E-state index contributed by atoms with van der Waals surface area (Å²) in [7, 11) is 0. The lowest BCUT2D eigenvalue weighted by Crippen LogP contribution is -2.52. The molecule has 2 amide bonds. The monoisotopic (exact) mass is 436 g/mol. The normalized spacial score (nSPS) is 21.5. The van der Waals surface area contributed by atoms with Crippen LogP contribution in [0.2, 0.25) is 0 Å². The molecule has 3 aliphatic rings. The average Bonchev–Trinajstić information content (AvgIpc) is 3.50. The van der Waals surface area contributed by atoms with Crippen LogP contribution in [0.1, 0.15) is 6.42 Å². The highest BCUT2D eigenvalue weighted by Crippen LogP contribution is 2.37. The van der Waals surface area contributed by atoms with E-state index in [9.17, 15) is 9.59 Å². The molecular formula is C22H20N4O4S. The van der Waals surface area contributed by atoms with Gasteiger partial charge in [0.05, 0.1) is 28.4 Å². The number of benzene rings is 2. The molecule has 0 saturated carbocycles. The second kappa shape index (κ2) is 7.21. The Hall–Kier alpha value is -3.17. The summed E-state index contributed by atoms with van der Waals surface area (Å²) in [6.07, 6.45) is 0.203. The van der Waals surface area contributed by atoms with E-state index in [4.69, 9.17) is 14.5 Å². The summed E-state index contributed by atoms with van der Waals surface area (Å²) in [5.41, 5.74) is 1.55. The highest BCUT2D eigenvalue weighted by atomic mass is 32.1. The molecule has 0 bridgehead atoms. The summed E-state index contributed by atoms with van der Waals surface area (Å²) in [6.45, 7) is 3.15. The van der Waals surface area contributed by atoms with E-state index in [1.165, 1.54) is 9.60 Å². The minimum absolute atomic E-state index is 0.155. The predicted octanol–water partition coefficient (Wildman–Crippen LogP) is 2.48. The zero-order chi connectivity index (χ0) is 20.9. The molecule has 2 aromatic carbocycles. The van der Waals surface area contributed by atoms with Gasteiger partial charge in [0, 0.05) is 32.2 Å². The minimum Gasteiger partial charge on any atom is -0.454 e. The van der Waals surface area contributed by atoms with Crippen molar-refractivity contribution in [3.05, 3.63) is 42.5 Å².